The highest BCUT2D eigenvalue weighted by molar-refractivity contribution is 7.00. The van der Waals surface area contributed by atoms with Gasteiger partial charge in [0.15, 0.2) is 0 Å². The van der Waals surface area contributed by atoms with Crippen LogP contribution in [0.1, 0.15) is 22.3 Å². The summed E-state index contributed by atoms with van der Waals surface area (Å²) < 4.78 is 9.27. The lowest BCUT2D eigenvalue weighted by Gasteiger charge is -2.12. The summed E-state index contributed by atoms with van der Waals surface area (Å²) in [6.45, 7) is 8.56. The summed E-state index contributed by atoms with van der Waals surface area (Å²) in [5.41, 5.74) is 11.9. The Morgan fingerprint density at radius 1 is 0.560 bits per heavy atom. The van der Waals surface area contributed by atoms with Crippen LogP contribution < -0.4 is 0 Å². The van der Waals surface area contributed by atoms with E-state index in [9.17, 15) is 0 Å². The first-order valence-electron chi connectivity index (χ1n) is 8.45. The molecular formula is C22H20N2S. The molecule has 0 saturated heterocycles. The summed E-state index contributed by atoms with van der Waals surface area (Å²) in [5.74, 6) is 0. The lowest BCUT2D eigenvalue weighted by molar-refractivity contribution is 1.39. The molecule has 0 atom stereocenters. The van der Waals surface area contributed by atoms with E-state index in [2.05, 4.69) is 85.0 Å². The molecular weight excluding hydrogens is 324 g/mol. The Balaban J connectivity index is 1.99. The zero-order valence-corrected chi connectivity index (χ0v) is 15.7. The number of hydrogen-bond acceptors (Lipinski definition) is 3. The molecule has 0 aliphatic carbocycles. The van der Waals surface area contributed by atoms with Gasteiger partial charge in [0, 0.05) is 11.1 Å². The summed E-state index contributed by atoms with van der Waals surface area (Å²) >= 11 is 1.29. The highest BCUT2D eigenvalue weighted by Gasteiger charge is 2.15. The van der Waals surface area contributed by atoms with Crippen LogP contribution in [0, 0.1) is 27.7 Å². The molecule has 3 heteroatoms. The lowest BCUT2D eigenvalue weighted by Crippen LogP contribution is -1.90. The molecule has 4 aromatic rings. The zero-order chi connectivity index (χ0) is 17.6. The van der Waals surface area contributed by atoms with E-state index in [1.54, 1.807) is 0 Å². The second kappa shape index (κ2) is 6.08. The molecule has 0 amide bonds. The van der Waals surface area contributed by atoms with Crippen LogP contribution in [0.4, 0.5) is 0 Å². The molecule has 1 aromatic heterocycles. The van der Waals surface area contributed by atoms with Gasteiger partial charge < -0.3 is 0 Å². The van der Waals surface area contributed by atoms with Crippen molar-refractivity contribution in [3.8, 4) is 22.3 Å². The monoisotopic (exact) mass is 344 g/mol. The molecule has 3 aromatic carbocycles. The van der Waals surface area contributed by atoms with Gasteiger partial charge in [-0.15, -0.1) is 0 Å². The normalized spacial score (nSPS) is 11.2. The van der Waals surface area contributed by atoms with Crippen molar-refractivity contribution in [1.82, 2.24) is 8.75 Å². The standard InChI is InChI=1S/C22H20N2S/c1-13-5-7-15(3)19(11-13)17-9-10-18(22-21(17)23-25-24-22)20-12-14(2)6-8-16(20)4/h5-12H,1-4H3. The number of benzene rings is 3. The minimum Gasteiger partial charge on any atom is -0.172 e. The van der Waals surface area contributed by atoms with Gasteiger partial charge in [-0.2, -0.15) is 8.75 Å². The number of fused-ring (bicyclic) bond motifs is 1. The van der Waals surface area contributed by atoms with Crippen LogP contribution in [0.15, 0.2) is 48.5 Å². The molecule has 0 aliphatic heterocycles. The zero-order valence-electron chi connectivity index (χ0n) is 14.9. The van der Waals surface area contributed by atoms with Gasteiger partial charge in [0.25, 0.3) is 0 Å². The Bertz CT molecular complexity index is 1010. The summed E-state index contributed by atoms with van der Waals surface area (Å²) in [4.78, 5) is 0. The quantitative estimate of drug-likeness (QED) is 0.429. The number of hydrogen-bond donors (Lipinski definition) is 0. The topological polar surface area (TPSA) is 25.8 Å². The Hall–Kier alpha value is -2.52. The van der Waals surface area contributed by atoms with Crippen molar-refractivity contribution in [2.45, 2.75) is 27.7 Å². The third-order valence-electron chi connectivity index (χ3n) is 4.78. The maximum absolute atomic E-state index is 4.63. The van der Waals surface area contributed by atoms with Crippen LogP contribution in [-0.2, 0) is 0 Å². The molecule has 0 saturated carbocycles. The van der Waals surface area contributed by atoms with Gasteiger partial charge in [0.2, 0.25) is 0 Å². The molecule has 25 heavy (non-hydrogen) atoms. The van der Waals surface area contributed by atoms with E-state index in [-0.39, 0.29) is 0 Å². The highest BCUT2D eigenvalue weighted by Crippen LogP contribution is 2.37. The van der Waals surface area contributed by atoms with Crippen molar-refractivity contribution in [3.05, 3.63) is 70.8 Å². The maximum atomic E-state index is 4.63. The van der Waals surface area contributed by atoms with E-state index in [0.717, 1.165) is 11.0 Å². The average molecular weight is 344 g/mol. The van der Waals surface area contributed by atoms with Crippen molar-refractivity contribution in [2.75, 3.05) is 0 Å². The van der Waals surface area contributed by atoms with Gasteiger partial charge in [-0.3, -0.25) is 0 Å². The third kappa shape index (κ3) is 2.75. The third-order valence-corrected chi connectivity index (χ3v) is 5.31. The fourth-order valence-corrected chi connectivity index (χ4v) is 3.93. The van der Waals surface area contributed by atoms with Crippen LogP contribution in [0.2, 0.25) is 0 Å². The van der Waals surface area contributed by atoms with Gasteiger partial charge in [0.1, 0.15) is 11.0 Å². The fourth-order valence-electron chi connectivity index (χ4n) is 3.35. The molecule has 2 nitrogen and oxygen atoms in total. The molecule has 0 spiro atoms. The maximum Gasteiger partial charge on any atom is 0.113 e. The van der Waals surface area contributed by atoms with E-state index in [0.29, 0.717) is 0 Å². The van der Waals surface area contributed by atoms with E-state index < -0.39 is 0 Å². The van der Waals surface area contributed by atoms with Gasteiger partial charge in [0.05, 0.1) is 11.7 Å². The molecule has 0 unspecified atom stereocenters. The predicted octanol–water partition coefficient (Wildman–Crippen LogP) is 6.26. The smallest absolute Gasteiger partial charge is 0.113 e. The SMILES string of the molecule is Cc1ccc(C)c(-c2ccc(-c3cc(C)ccc3C)c3nsnc23)c1. The average Bonchev–Trinajstić information content (AvgIpc) is 3.08. The van der Waals surface area contributed by atoms with E-state index in [1.807, 2.05) is 0 Å². The number of aromatic nitrogens is 2. The van der Waals surface area contributed by atoms with Crippen LogP contribution in [0.25, 0.3) is 33.3 Å². The number of nitrogens with zero attached hydrogens (tertiary/aromatic N) is 2. The molecule has 0 fully saturated rings. The van der Waals surface area contributed by atoms with Crippen LogP contribution in [0.3, 0.4) is 0 Å². The van der Waals surface area contributed by atoms with Gasteiger partial charge >= 0.3 is 0 Å². The Morgan fingerprint density at radius 2 is 1.00 bits per heavy atom. The first kappa shape index (κ1) is 16.0. The van der Waals surface area contributed by atoms with Crippen LogP contribution in [-0.4, -0.2) is 8.75 Å². The minimum atomic E-state index is 0.997. The second-order valence-corrected chi connectivity index (χ2v) is 7.29. The van der Waals surface area contributed by atoms with Crippen LogP contribution in [0.5, 0.6) is 0 Å². The van der Waals surface area contributed by atoms with Crippen molar-refractivity contribution in [2.24, 2.45) is 0 Å². The Kier molecular flexibility index (Phi) is 3.89. The first-order valence-corrected chi connectivity index (χ1v) is 9.18. The van der Waals surface area contributed by atoms with Gasteiger partial charge in [-0.05, 0) is 49.9 Å². The molecule has 4 rings (SSSR count). The number of rotatable bonds is 2. The molecule has 0 bridgehead atoms. The molecule has 124 valence electrons. The van der Waals surface area contributed by atoms with E-state index in [1.165, 1.54) is 56.2 Å². The first-order chi connectivity index (χ1) is 12.0. The molecule has 0 radical (unpaired) electrons. The van der Waals surface area contributed by atoms with Crippen molar-refractivity contribution in [3.63, 3.8) is 0 Å². The number of aryl methyl sites for hydroxylation is 4. The highest BCUT2D eigenvalue weighted by atomic mass is 32.1. The predicted molar refractivity (Wildman–Crippen MR) is 107 cm³/mol. The van der Waals surface area contributed by atoms with Crippen LogP contribution >= 0.6 is 11.7 Å². The minimum absolute atomic E-state index is 0.997. The van der Waals surface area contributed by atoms with Crippen molar-refractivity contribution >= 4 is 22.8 Å². The molecule has 1 heterocycles. The largest absolute Gasteiger partial charge is 0.172 e. The van der Waals surface area contributed by atoms with Crippen molar-refractivity contribution < 1.29 is 0 Å². The molecule has 0 aliphatic rings. The summed E-state index contributed by atoms with van der Waals surface area (Å²) in [6, 6.07) is 17.5. The summed E-state index contributed by atoms with van der Waals surface area (Å²) in [5, 5.41) is 0. The van der Waals surface area contributed by atoms with Crippen molar-refractivity contribution in [1.29, 1.82) is 0 Å². The lowest BCUT2D eigenvalue weighted by atomic mass is 9.92. The van der Waals surface area contributed by atoms with E-state index >= 15 is 0 Å². The van der Waals surface area contributed by atoms with E-state index in [4.69, 9.17) is 0 Å². The van der Waals surface area contributed by atoms with Gasteiger partial charge in [-0.25, -0.2) is 0 Å². The summed E-state index contributed by atoms with van der Waals surface area (Å²) in [7, 11) is 0. The Labute approximate surface area is 152 Å². The molecule has 0 N–H and O–H groups in total. The summed E-state index contributed by atoms with van der Waals surface area (Å²) in [6.07, 6.45) is 0. The Morgan fingerprint density at radius 3 is 1.44 bits per heavy atom. The fraction of sp³-hybridized carbons (Fsp3) is 0.182. The second-order valence-electron chi connectivity index (χ2n) is 6.76. The van der Waals surface area contributed by atoms with Gasteiger partial charge in [-0.1, -0.05) is 59.7 Å².